The van der Waals surface area contributed by atoms with Gasteiger partial charge in [-0.1, -0.05) is 6.07 Å². The van der Waals surface area contributed by atoms with Crippen LogP contribution in [0.3, 0.4) is 0 Å². The molecule has 0 saturated carbocycles. The Morgan fingerprint density at radius 2 is 2.14 bits per heavy atom. The maximum Gasteiger partial charge on any atom is 0.175 e. The Morgan fingerprint density at radius 1 is 1.50 bits per heavy atom. The Morgan fingerprint density at radius 3 is 2.71 bits per heavy atom. The average Bonchev–Trinajstić information content (AvgIpc) is 2.11. The highest BCUT2D eigenvalue weighted by Crippen LogP contribution is 2.13. The number of aryl methyl sites for hydroxylation is 1. The molecule has 0 atom stereocenters. The normalized spacial score (nSPS) is 11.5. The number of Topliss-reactive ketones (excluding diaryl/α,β-unsaturated/α-hetero) is 1. The topological polar surface area (TPSA) is 43.1 Å². The van der Waals surface area contributed by atoms with Crippen LogP contribution in [0, 0.1) is 12.7 Å². The fourth-order valence-electron chi connectivity index (χ4n) is 1.04. The summed E-state index contributed by atoms with van der Waals surface area (Å²) in [4.78, 5) is 10.9. The molecule has 14 heavy (non-hydrogen) atoms. The van der Waals surface area contributed by atoms with Gasteiger partial charge in [0.2, 0.25) is 0 Å². The molecule has 2 N–H and O–H groups in total. The highest BCUT2D eigenvalue weighted by Gasteiger charge is 2.01. The van der Waals surface area contributed by atoms with Crippen LogP contribution >= 0.6 is 0 Å². The molecule has 1 rings (SSSR count). The van der Waals surface area contributed by atoms with Gasteiger partial charge in [-0.05, 0) is 36.3 Å². The largest absolute Gasteiger partial charge is 0.396 e. The molecule has 0 saturated heterocycles. The van der Waals surface area contributed by atoms with E-state index < -0.39 is 0 Å². The van der Waals surface area contributed by atoms with Crippen LogP contribution in [0.5, 0.6) is 0 Å². The number of rotatable bonds is 2. The molecule has 74 valence electrons. The third-order valence-corrected chi connectivity index (χ3v) is 1.96. The Bertz CT molecular complexity index is 396. The number of hydrogen-bond acceptors (Lipinski definition) is 2. The van der Waals surface area contributed by atoms with E-state index in [9.17, 15) is 9.18 Å². The smallest absolute Gasteiger partial charge is 0.175 e. The van der Waals surface area contributed by atoms with Gasteiger partial charge in [-0.2, -0.15) is 0 Å². The van der Waals surface area contributed by atoms with Crippen molar-refractivity contribution in [3.8, 4) is 0 Å². The van der Waals surface area contributed by atoms with Gasteiger partial charge in [-0.15, -0.1) is 0 Å². The number of ketones is 1. The Kier molecular flexibility index (Phi) is 3.02. The van der Waals surface area contributed by atoms with Crippen molar-refractivity contribution in [1.82, 2.24) is 0 Å². The van der Waals surface area contributed by atoms with E-state index in [0.29, 0.717) is 5.56 Å². The summed E-state index contributed by atoms with van der Waals surface area (Å²) in [7, 11) is 0. The quantitative estimate of drug-likeness (QED) is 0.730. The van der Waals surface area contributed by atoms with E-state index in [0.717, 1.165) is 5.56 Å². The summed E-state index contributed by atoms with van der Waals surface area (Å²) in [6.07, 6.45) is 1.49. The summed E-state index contributed by atoms with van der Waals surface area (Å²) in [5.41, 5.74) is 7.12. The molecule has 0 unspecified atom stereocenters. The van der Waals surface area contributed by atoms with Crippen LogP contribution in [-0.4, -0.2) is 5.78 Å². The lowest BCUT2D eigenvalue weighted by Gasteiger charge is -2.01. The van der Waals surface area contributed by atoms with Crippen LogP contribution in [0.15, 0.2) is 23.9 Å². The van der Waals surface area contributed by atoms with Gasteiger partial charge in [0.1, 0.15) is 5.82 Å². The molecule has 1 aromatic rings. The van der Waals surface area contributed by atoms with Crippen molar-refractivity contribution in [3.05, 3.63) is 40.8 Å². The summed E-state index contributed by atoms with van der Waals surface area (Å²) in [5, 5.41) is 0. The van der Waals surface area contributed by atoms with Crippen LogP contribution in [0.4, 0.5) is 4.39 Å². The van der Waals surface area contributed by atoms with Gasteiger partial charge >= 0.3 is 0 Å². The molecule has 0 radical (unpaired) electrons. The van der Waals surface area contributed by atoms with Crippen molar-refractivity contribution in [2.45, 2.75) is 13.8 Å². The van der Waals surface area contributed by atoms with Crippen molar-refractivity contribution in [2.75, 3.05) is 0 Å². The standard InChI is InChI=1S/C11H12FNO/c1-7-3-4-10(12)5-9(7)6-11(13)8(2)14/h3-6H,13H2,1-2H3/b11-6-. The van der Waals surface area contributed by atoms with E-state index in [2.05, 4.69) is 0 Å². The monoisotopic (exact) mass is 193 g/mol. The number of allylic oxidation sites excluding steroid dienone is 1. The summed E-state index contributed by atoms with van der Waals surface area (Å²) in [5.74, 6) is -0.549. The van der Waals surface area contributed by atoms with Crippen LogP contribution in [-0.2, 0) is 4.79 Å². The number of benzene rings is 1. The first-order chi connectivity index (χ1) is 6.50. The molecule has 0 aliphatic rings. The van der Waals surface area contributed by atoms with E-state index in [1.54, 1.807) is 6.07 Å². The maximum absolute atomic E-state index is 12.8. The predicted octanol–water partition coefficient (Wildman–Crippen LogP) is 2.02. The molecule has 1 aromatic carbocycles. The molecule has 0 fully saturated rings. The van der Waals surface area contributed by atoms with Crippen molar-refractivity contribution >= 4 is 11.9 Å². The molecule has 0 bridgehead atoms. The lowest BCUT2D eigenvalue weighted by molar-refractivity contribution is -0.113. The third kappa shape index (κ3) is 2.42. The third-order valence-electron chi connectivity index (χ3n) is 1.96. The minimum absolute atomic E-state index is 0.138. The zero-order valence-electron chi connectivity index (χ0n) is 8.17. The summed E-state index contributed by atoms with van der Waals surface area (Å²) in [6, 6.07) is 4.37. The lowest BCUT2D eigenvalue weighted by atomic mass is 10.1. The van der Waals surface area contributed by atoms with Gasteiger partial charge in [0.05, 0.1) is 5.70 Å². The highest BCUT2D eigenvalue weighted by molar-refractivity contribution is 5.96. The molecule has 0 aliphatic carbocycles. The van der Waals surface area contributed by atoms with Crippen LogP contribution in [0.2, 0.25) is 0 Å². The number of nitrogens with two attached hydrogens (primary N) is 1. The van der Waals surface area contributed by atoms with Gasteiger partial charge in [-0.3, -0.25) is 4.79 Å². The van der Waals surface area contributed by atoms with Gasteiger partial charge in [0, 0.05) is 6.92 Å². The second-order valence-corrected chi connectivity index (χ2v) is 3.16. The van der Waals surface area contributed by atoms with E-state index in [4.69, 9.17) is 5.73 Å². The second-order valence-electron chi connectivity index (χ2n) is 3.16. The summed E-state index contributed by atoms with van der Waals surface area (Å²) < 4.78 is 12.8. The molecule has 0 aromatic heterocycles. The van der Waals surface area contributed by atoms with E-state index in [-0.39, 0.29) is 17.3 Å². The fourth-order valence-corrected chi connectivity index (χ4v) is 1.04. The molecule has 0 aliphatic heterocycles. The first-order valence-electron chi connectivity index (χ1n) is 4.25. The fraction of sp³-hybridized carbons (Fsp3) is 0.182. The number of hydrogen-bond donors (Lipinski definition) is 1. The summed E-state index contributed by atoms with van der Waals surface area (Å²) >= 11 is 0. The molecular weight excluding hydrogens is 181 g/mol. The van der Waals surface area contributed by atoms with E-state index >= 15 is 0 Å². The first kappa shape index (κ1) is 10.4. The maximum atomic E-state index is 12.8. The Labute approximate surface area is 82.2 Å². The van der Waals surface area contributed by atoms with Crippen molar-refractivity contribution < 1.29 is 9.18 Å². The number of carbonyl (C=O) groups is 1. The zero-order chi connectivity index (χ0) is 10.7. The zero-order valence-corrected chi connectivity index (χ0v) is 8.17. The van der Waals surface area contributed by atoms with Crippen molar-refractivity contribution in [2.24, 2.45) is 5.73 Å². The molecule has 0 heterocycles. The number of halogens is 1. The summed E-state index contributed by atoms with van der Waals surface area (Å²) in [6.45, 7) is 3.21. The van der Waals surface area contributed by atoms with E-state index in [1.165, 1.54) is 25.1 Å². The van der Waals surface area contributed by atoms with Gasteiger partial charge in [0.15, 0.2) is 5.78 Å². The lowest BCUT2D eigenvalue weighted by Crippen LogP contribution is -2.06. The minimum Gasteiger partial charge on any atom is -0.396 e. The van der Waals surface area contributed by atoms with Crippen LogP contribution < -0.4 is 5.73 Å². The molecule has 2 nitrogen and oxygen atoms in total. The highest BCUT2D eigenvalue weighted by atomic mass is 19.1. The van der Waals surface area contributed by atoms with Crippen molar-refractivity contribution in [3.63, 3.8) is 0 Å². The van der Waals surface area contributed by atoms with Crippen LogP contribution in [0.1, 0.15) is 18.1 Å². The van der Waals surface area contributed by atoms with Gasteiger partial charge in [-0.25, -0.2) is 4.39 Å². The molecule has 3 heteroatoms. The minimum atomic E-state index is -0.335. The predicted molar refractivity (Wildman–Crippen MR) is 54.0 cm³/mol. The average molecular weight is 193 g/mol. The van der Waals surface area contributed by atoms with Gasteiger partial charge < -0.3 is 5.73 Å². The number of carbonyl (C=O) groups excluding carboxylic acids is 1. The Hall–Kier alpha value is -1.64. The molecule has 0 spiro atoms. The molecule has 0 amide bonds. The molecular formula is C11H12FNO. The van der Waals surface area contributed by atoms with Gasteiger partial charge in [0.25, 0.3) is 0 Å². The SMILES string of the molecule is CC(=O)/C(N)=C/c1cc(F)ccc1C. The van der Waals surface area contributed by atoms with Crippen LogP contribution in [0.25, 0.3) is 6.08 Å². The van der Waals surface area contributed by atoms with Crippen molar-refractivity contribution in [1.29, 1.82) is 0 Å². The second kappa shape index (κ2) is 4.05. The van der Waals surface area contributed by atoms with E-state index in [1.807, 2.05) is 6.92 Å². The first-order valence-corrected chi connectivity index (χ1v) is 4.25. The Balaban J connectivity index is 3.13.